The van der Waals surface area contributed by atoms with Crippen LogP contribution in [-0.2, 0) is 0 Å². The van der Waals surface area contributed by atoms with Gasteiger partial charge in [-0.25, -0.2) is 4.39 Å². The van der Waals surface area contributed by atoms with Gasteiger partial charge in [0, 0.05) is 24.2 Å². The van der Waals surface area contributed by atoms with E-state index >= 15 is 0 Å². The first kappa shape index (κ1) is 13.4. The van der Waals surface area contributed by atoms with Crippen molar-refractivity contribution in [2.75, 3.05) is 6.54 Å². The van der Waals surface area contributed by atoms with Crippen molar-refractivity contribution in [1.82, 2.24) is 5.32 Å². The van der Waals surface area contributed by atoms with Crippen LogP contribution in [0.5, 0.6) is 0 Å². The summed E-state index contributed by atoms with van der Waals surface area (Å²) >= 11 is 0. The van der Waals surface area contributed by atoms with Gasteiger partial charge in [0.15, 0.2) is 0 Å². The zero-order valence-electron chi connectivity index (χ0n) is 10.1. The van der Waals surface area contributed by atoms with Crippen LogP contribution in [0, 0.1) is 21.8 Å². The van der Waals surface area contributed by atoms with E-state index in [0.29, 0.717) is 12.5 Å². The molecule has 1 atom stereocenters. The molecule has 0 aromatic heterocycles. The molecule has 1 aliphatic rings. The molecule has 0 radical (unpaired) electrons. The van der Waals surface area contributed by atoms with Crippen molar-refractivity contribution in [3.8, 4) is 0 Å². The van der Waals surface area contributed by atoms with Gasteiger partial charge in [0.1, 0.15) is 5.82 Å². The van der Waals surface area contributed by atoms with Gasteiger partial charge in [0.25, 0.3) is 11.6 Å². The van der Waals surface area contributed by atoms with E-state index in [2.05, 4.69) is 5.32 Å². The minimum Gasteiger partial charge on any atom is -0.348 e. The molecule has 102 valence electrons. The lowest BCUT2D eigenvalue weighted by molar-refractivity contribution is -0.385. The SMILES string of the molecule is NCC(NC(=O)c1cc(F)cc([N+](=O)[O-])c1)C1CC1. The van der Waals surface area contributed by atoms with Gasteiger partial charge in [-0.15, -0.1) is 0 Å². The molecule has 1 saturated carbocycles. The topological polar surface area (TPSA) is 98.3 Å². The Morgan fingerprint density at radius 2 is 2.21 bits per heavy atom. The molecule has 3 N–H and O–H groups in total. The number of benzene rings is 1. The quantitative estimate of drug-likeness (QED) is 0.618. The summed E-state index contributed by atoms with van der Waals surface area (Å²) in [5.41, 5.74) is 5.04. The number of carbonyl (C=O) groups excluding carboxylic acids is 1. The Labute approximate surface area is 108 Å². The summed E-state index contributed by atoms with van der Waals surface area (Å²) in [4.78, 5) is 21.8. The first-order valence-electron chi connectivity index (χ1n) is 5.97. The lowest BCUT2D eigenvalue weighted by Gasteiger charge is -2.15. The number of rotatable bonds is 5. The van der Waals surface area contributed by atoms with Gasteiger partial charge < -0.3 is 11.1 Å². The van der Waals surface area contributed by atoms with Crippen LogP contribution in [0.2, 0.25) is 0 Å². The highest BCUT2D eigenvalue weighted by Gasteiger charge is 2.31. The van der Waals surface area contributed by atoms with Crippen LogP contribution in [0.1, 0.15) is 23.2 Å². The summed E-state index contributed by atoms with van der Waals surface area (Å²) in [5, 5.41) is 13.3. The molecule has 7 heteroatoms. The van der Waals surface area contributed by atoms with Crippen molar-refractivity contribution in [2.24, 2.45) is 11.7 Å². The van der Waals surface area contributed by atoms with Crippen molar-refractivity contribution in [3.63, 3.8) is 0 Å². The second-order valence-corrected chi connectivity index (χ2v) is 4.61. The van der Waals surface area contributed by atoms with E-state index in [1.54, 1.807) is 0 Å². The van der Waals surface area contributed by atoms with E-state index in [1.165, 1.54) is 0 Å². The molecule has 0 saturated heterocycles. The molecule has 19 heavy (non-hydrogen) atoms. The van der Waals surface area contributed by atoms with Crippen LogP contribution in [-0.4, -0.2) is 23.4 Å². The molecule has 1 aromatic rings. The first-order chi connectivity index (χ1) is 9.01. The van der Waals surface area contributed by atoms with Crippen molar-refractivity contribution in [1.29, 1.82) is 0 Å². The molecule has 0 bridgehead atoms. The molecule has 6 nitrogen and oxygen atoms in total. The Hall–Kier alpha value is -2.02. The molecule has 2 rings (SSSR count). The third kappa shape index (κ3) is 3.25. The third-order valence-electron chi connectivity index (χ3n) is 3.12. The second-order valence-electron chi connectivity index (χ2n) is 4.61. The number of non-ortho nitro benzene ring substituents is 1. The highest BCUT2D eigenvalue weighted by Crippen LogP contribution is 2.32. The summed E-state index contributed by atoms with van der Waals surface area (Å²) < 4.78 is 13.2. The number of nitro benzene ring substituents is 1. The van der Waals surface area contributed by atoms with E-state index in [9.17, 15) is 19.3 Å². The van der Waals surface area contributed by atoms with Crippen LogP contribution in [0.3, 0.4) is 0 Å². The maximum atomic E-state index is 13.2. The van der Waals surface area contributed by atoms with Crippen LogP contribution in [0.4, 0.5) is 10.1 Å². The number of nitrogens with zero attached hydrogens (tertiary/aromatic N) is 1. The largest absolute Gasteiger partial charge is 0.348 e. The molecule has 1 aliphatic carbocycles. The fraction of sp³-hybridized carbons (Fsp3) is 0.417. The number of amides is 1. The normalized spacial score (nSPS) is 15.9. The fourth-order valence-corrected chi connectivity index (χ4v) is 1.93. The number of nitrogens with two attached hydrogens (primary N) is 1. The summed E-state index contributed by atoms with van der Waals surface area (Å²) in [5.74, 6) is -0.988. The van der Waals surface area contributed by atoms with Gasteiger partial charge in [-0.2, -0.15) is 0 Å². The zero-order valence-corrected chi connectivity index (χ0v) is 10.1. The Morgan fingerprint density at radius 3 is 2.74 bits per heavy atom. The summed E-state index contributed by atoms with van der Waals surface area (Å²) in [6.07, 6.45) is 2.01. The number of halogens is 1. The molecule has 1 unspecified atom stereocenters. The number of nitrogens with one attached hydrogen (secondary N) is 1. The van der Waals surface area contributed by atoms with Crippen molar-refractivity contribution in [3.05, 3.63) is 39.7 Å². The predicted octanol–water partition coefficient (Wildman–Crippen LogP) is 1.20. The van der Waals surface area contributed by atoms with Gasteiger partial charge in [-0.3, -0.25) is 14.9 Å². The van der Waals surface area contributed by atoms with Crippen molar-refractivity contribution in [2.45, 2.75) is 18.9 Å². The first-order valence-corrected chi connectivity index (χ1v) is 5.97. The summed E-state index contributed by atoms with van der Waals surface area (Å²) in [6, 6.07) is 2.65. The second kappa shape index (κ2) is 5.31. The van der Waals surface area contributed by atoms with Crippen LogP contribution in [0.25, 0.3) is 0 Å². The maximum Gasteiger partial charge on any atom is 0.273 e. The van der Waals surface area contributed by atoms with E-state index in [-0.39, 0.29) is 11.6 Å². The van der Waals surface area contributed by atoms with Crippen LogP contribution in [0.15, 0.2) is 18.2 Å². The van der Waals surface area contributed by atoms with Crippen LogP contribution < -0.4 is 11.1 Å². The van der Waals surface area contributed by atoms with Gasteiger partial charge in [-0.05, 0) is 24.8 Å². The predicted molar refractivity (Wildman–Crippen MR) is 66.1 cm³/mol. The average molecular weight is 267 g/mol. The van der Waals surface area contributed by atoms with Crippen LogP contribution >= 0.6 is 0 Å². The standard InChI is InChI=1S/C12H14FN3O3/c13-9-3-8(4-10(5-9)16(18)19)12(17)15-11(6-14)7-1-2-7/h3-5,7,11H,1-2,6,14H2,(H,15,17). The van der Waals surface area contributed by atoms with Gasteiger partial charge in [0.2, 0.25) is 0 Å². The van der Waals surface area contributed by atoms with E-state index in [1.807, 2.05) is 0 Å². The molecular formula is C12H14FN3O3. The Balaban J connectivity index is 2.15. The smallest absolute Gasteiger partial charge is 0.273 e. The monoisotopic (exact) mass is 267 g/mol. The minimum atomic E-state index is -0.810. The molecule has 0 spiro atoms. The lowest BCUT2D eigenvalue weighted by atomic mass is 10.1. The average Bonchev–Trinajstić information content (AvgIpc) is 3.19. The summed E-state index contributed by atoms with van der Waals surface area (Å²) in [7, 11) is 0. The van der Waals surface area contributed by atoms with Gasteiger partial charge in [0.05, 0.1) is 11.0 Å². The maximum absolute atomic E-state index is 13.2. The Bertz CT molecular complexity index is 517. The zero-order chi connectivity index (χ0) is 14.0. The molecular weight excluding hydrogens is 253 g/mol. The third-order valence-corrected chi connectivity index (χ3v) is 3.12. The van der Waals surface area contributed by atoms with Gasteiger partial charge in [-0.1, -0.05) is 0 Å². The highest BCUT2D eigenvalue weighted by atomic mass is 19.1. The van der Waals surface area contributed by atoms with E-state index in [0.717, 1.165) is 31.0 Å². The fourth-order valence-electron chi connectivity index (χ4n) is 1.93. The molecule has 0 heterocycles. The highest BCUT2D eigenvalue weighted by molar-refractivity contribution is 5.95. The Morgan fingerprint density at radius 1 is 1.53 bits per heavy atom. The Kier molecular flexibility index (Phi) is 3.75. The number of hydrogen-bond acceptors (Lipinski definition) is 4. The molecule has 0 aliphatic heterocycles. The lowest BCUT2D eigenvalue weighted by Crippen LogP contribution is -2.41. The molecule has 1 aromatic carbocycles. The number of hydrogen-bond donors (Lipinski definition) is 2. The van der Waals surface area contributed by atoms with E-state index < -0.39 is 22.3 Å². The molecule has 1 fully saturated rings. The summed E-state index contributed by atoms with van der Waals surface area (Å²) in [6.45, 7) is 0.299. The van der Waals surface area contributed by atoms with E-state index in [4.69, 9.17) is 5.73 Å². The molecule has 1 amide bonds. The minimum absolute atomic E-state index is 0.0641. The number of carbonyl (C=O) groups is 1. The van der Waals surface area contributed by atoms with Crippen molar-refractivity contribution >= 4 is 11.6 Å². The van der Waals surface area contributed by atoms with Crippen molar-refractivity contribution < 1.29 is 14.1 Å². The van der Waals surface area contributed by atoms with Gasteiger partial charge >= 0.3 is 0 Å². The number of nitro groups is 1.